The molecule has 0 unspecified atom stereocenters. The molecule has 0 saturated carbocycles. The molecule has 0 nitrogen and oxygen atoms in total. The first-order chi connectivity index (χ1) is 6.81. The van der Waals surface area contributed by atoms with Gasteiger partial charge in [-0.1, -0.05) is 43.0 Å². The van der Waals surface area contributed by atoms with Gasteiger partial charge in [0, 0.05) is 0 Å². The number of benzene rings is 1. The van der Waals surface area contributed by atoms with Crippen molar-refractivity contribution in [2.45, 2.75) is 12.8 Å². The van der Waals surface area contributed by atoms with Gasteiger partial charge in [0.15, 0.2) is 0 Å². The van der Waals surface area contributed by atoms with E-state index in [9.17, 15) is 0 Å². The highest BCUT2D eigenvalue weighted by molar-refractivity contribution is 5.53. The van der Waals surface area contributed by atoms with Gasteiger partial charge < -0.3 is 0 Å². The predicted molar refractivity (Wildman–Crippen MR) is 64.3 cm³/mol. The van der Waals surface area contributed by atoms with Crippen LogP contribution in [-0.2, 0) is 12.8 Å². The Morgan fingerprint density at radius 1 is 1.00 bits per heavy atom. The molecule has 0 spiro atoms. The van der Waals surface area contributed by atoms with Crippen molar-refractivity contribution < 1.29 is 0 Å². The summed E-state index contributed by atoms with van der Waals surface area (Å²) >= 11 is 0. The molecule has 0 fully saturated rings. The topological polar surface area (TPSA) is 0 Å². The lowest BCUT2D eigenvalue weighted by molar-refractivity contribution is 1.20. The number of allylic oxidation sites excluding steroid dienone is 2. The largest absolute Gasteiger partial charge is 0.103 e. The molecule has 0 aromatic heterocycles. The summed E-state index contributed by atoms with van der Waals surface area (Å²) in [5.41, 5.74) is 3.77. The molecule has 0 amide bonds. The van der Waals surface area contributed by atoms with Gasteiger partial charge >= 0.3 is 0 Å². The summed E-state index contributed by atoms with van der Waals surface area (Å²) < 4.78 is 0. The second-order valence-corrected chi connectivity index (χ2v) is 3.22. The molecule has 0 radical (unpaired) electrons. The third kappa shape index (κ3) is 2.46. The van der Waals surface area contributed by atoms with Gasteiger partial charge in [0.1, 0.15) is 0 Å². The van der Waals surface area contributed by atoms with Gasteiger partial charge in [0.25, 0.3) is 0 Å². The predicted octanol–water partition coefficient (Wildman–Crippen LogP) is 3.79. The fourth-order valence-electron chi connectivity index (χ4n) is 1.48. The van der Waals surface area contributed by atoms with Crippen molar-refractivity contribution in [2.24, 2.45) is 0 Å². The molecule has 0 atom stereocenters. The maximum Gasteiger partial charge on any atom is -0.00941 e. The van der Waals surface area contributed by atoms with Gasteiger partial charge in [-0.25, -0.2) is 0 Å². The SMILES string of the molecule is C=CCc1ccc(C=C)c(CC=C)c1. The third-order valence-corrected chi connectivity index (χ3v) is 2.17. The van der Waals surface area contributed by atoms with Crippen LogP contribution in [0.15, 0.2) is 50.1 Å². The summed E-state index contributed by atoms with van der Waals surface area (Å²) in [6.07, 6.45) is 7.53. The monoisotopic (exact) mass is 184 g/mol. The van der Waals surface area contributed by atoms with Gasteiger partial charge in [0.2, 0.25) is 0 Å². The molecular formula is C14H16. The van der Waals surface area contributed by atoms with E-state index in [1.54, 1.807) is 0 Å². The second-order valence-electron chi connectivity index (χ2n) is 3.22. The first kappa shape index (κ1) is 10.5. The summed E-state index contributed by atoms with van der Waals surface area (Å²) in [5.74, 6) is 0. The van der Waals surface area contributed by atoms with E-state index < -0.39 is 0 Å². The van der Waals surface area contributed by atoms with Gasteiger partial charge in [-0.15, -0.1) is 13.2 Å². The average molecular weight is 184 g/mol. The van der Waals surface area contributed by atoms with E-state index in [1.807, 2.05) is 18.2 Å². The van der Waals surface area contributed by atoms with E-state index in [4.69, 9.17) is 0 Å². The molecule has 0 bridgehead atoms. The molecule has 0 saturated heterocycles. The number of rotatable bonds is 5. The highest BCUT2D eigenvalue weighted by Crippen LogP contribution is 2.15. The van der Waals surface area contributed by atoms with Crippen LogP contribution in [0.2, 0.25) is 0 Å². The summed E-state index contributed by atoms with van der Waals surface area (Å²) in [6, 6.07) is 6.41. The van der Waals surface area contributed by atoms with Crippen LogP contribution >= 0.6 is 0 Å². The minimum Gasteiger partial charge on any atom is -0.103 e. The third-order valence-electron chi connectivity index (χ3n) is 2.17. The van der Waals surface area contributed by atoms with Crippen molar-refractivity contribution in [3.05, 3.63) is 66.8 Å². The number of hydrogen-bond acceptors (Lipinski definition) is 0. The fourth-order valence-corrected chi connectivity index (χ4v) is 1.48. The first-order valence-corrected chi connectivity index (χ1v) is 4.78. The average Bonchev–Trinajstić information content (AvgIpc) is 2.19. The van der Waals surface area contributed by atoms with Crippen LogP contribution < -0.4 is 0 Å². The summed E-state index contributed by atoms with van der Waals surface area (Å²) in [5, 5.41) is 0. The molecule has 0 N–H and O–H groups in total. The van der Waals surface area contributed by atoms with E-state index in [-0.39, 0.29) is 0 Å². The van der Waals surface area contributed by atoms with Crippen LogP contribution in [0.3, 0.4) is 0 Å². The van der Waals surface area contributed by atoms with Gasteiger partial charge in [-0.3, -0.25) is 0 Å². The Morgan fingerprint density at radius 2 is 1.71 bits per heavy atom. The van der Waals surface area contributed by atoms with Crippen molar-refractivity contribution in [3.8, 4) is 0 Å². The first-order valence-electron chi connectivity index (χ1n) is 4.78. The Hall–Kier alpha value is -1.56. The van der Waals surface area contributed by atoms with Crippen molar-refractivity contribution in [1.29, 1.82) is 0 Å². The zero-order valence-corrected chi connectivity index (χ0v) is 8.50. The molecule has 1 aromatic carbocycles. The lowest BCUT2D eigenvalue weighted by Crippen LogP contribution is -1.90. The lowest BCUT2D eigenvalue weighted by Gasteiger charge is -2.05. The number of hydrogen-bond donors (Lipinski definition) is 0. The Kier molecular flexibility index (Phi) is 3.93. The van der Waals surface area contributed by atoms with E-state index >= 15 is 0 Å². The van der Waals surface area contributed by atoms with Crippen LogP contribution in [0.25, 0.3) is 6.08 Å². The molecular weight excluding hydrogens is 168 g/mol. The Bertz CT molecular complexity index is 345. The molecule has 0 aliphatic rings. The molecule has 0 aliphatic heterocycles. The van der Waals surface area contributed by atoms with Crippen molar-refractivity contribution >= 4 is 6.08 Å². The molecule has 1 rings (SSSR count). The van der Waals surface area contributed by atoms with Gasteiger partial charge in [-0.2, -0.15) is 0 Å². The normalized spacial score (nSPS) is 9.43. The highest BCUT2D eigenvalue weighted by atomic mass is 14.0. The van der Waals surface area contributed by atoms with Crippen molar-refractivity contribution in [3.63, 3.8) is 0 Å². The zero-order chi connectivity index (χ0) is 10.4. The fraction of sp³-hybridized carbons (Fsp3) is 0.143. The Balaban J connectivity index is 3.05. The maximum atomic E-state index is 3.80. The molecule has 0 aliphatic carbocycles. The molecule has 0 heteroatoms. The molecule has 14 heavy (non-hydrogen) atoms. The van der Waals surface area contributed by atoms with Crippen LogP contribution in [0, 0.1) is 0 Å². The van der Waals surface area contributed by atoms with E-state index in [2.05, 4.69) is 37.9 Å². The summed E-state index contributed by atoms with van der Waals surface area (Å²) in [7, 11) is 0. The van der Waals surface area contributed by atoms with Crippen molar-refractivity contribution in [2.75, 3.05) is 0 Å². The van der Waals surface area contributed by atoms with E-state index in [0.29, 0.717) is 0 Å². The van der Waals surface area contributed by atoms with Gasteiger partial charge in [0.05, 0.1) is 0 Å². The summed E-state index contributed by atoms with van der Waals surface area (Å²) in [4.78, 5) is 0. The maximum absolute atomic E-state index is 3.80. The summed E-state index contributed by atoms with van der Waals surface area (Å²) in [6.45, 7) is 11.3. The van der Waals surface area contributed by atoms with Crippen LogP contribution in [-0.4, -0.2) is 0 Å². The van der Waals surface area contributed by atoms with Crippen LogP contribution in [0.1, 0.15) is 16.7 Å². The smallest absolute Gasteiger partial charge is 0.00941 e. The van der Waals surface area contributed by atoms with Gasteiger partial charge in [-0.05, 0) is 29.5 Å². The molecule has 0 heterocycles. The van der Waals surface area contributed by atoms with Crippen molar-refractivity contribution in [1.82, 2.24) is 0 Å². The lowest BCUT2D eigenvalue weighted by atomic mass is 10.00. The Labute approximate surface area is 86.3 Å². The quantitative estimate of drug-likeness (QED) is 0.611. The molecule has 72 valence electrons. The molecule has 1 aromatic rings. The zero-order valence-electron chi connectivity index (χ0n) is 8.50. The van der Waals surface area contributed by atoms with E-state index in [0.717, 1.165) is 12.8 Å². The second kappa shape index (κ2) is 5.23. The standard InChI is InChI=1S/C14H16/c1-4-7-12-9-10-13(6-3)14(11-12)8-5-2/h4-6,9-11H,1-3,7-8H2. The highest BCUT2D eigenvalue weighted by Gasteiger charge is 1.98. The minimum absolute atomic E-state index is 0.895. The van der Waals surface area contributed by atoms with Crippen LogP contribution in [0.5, 0.6) is 0 Å². The Morgan fingerprint density at radius 3 is 2.29 bits per heavy atom. The van der Waals surface area contributed by atoms with Crippen LogP contribution in [0.4, 0.5) is 0 Å². The van der Waals surface area contributed by atoms with E-state index in [1.165, 1.54) is 16.7 Å². The minimum atomic E-state index is 0.895.